The maximum absolute atomic E-state index is 11.8. The predicted octanol–water partition coefficient (Wildman–Crippen LogP) is 2.00. The number of nitrogens with one attached hydrogen (secondary N) is 1. The number of aromatic nitrogens is 1. The average molecular weight is 299 g/mol. The van der Waals surface area contributed by atoms with Crippen molar-refractivity contribution in [3.05, 3.63) is 28.5 Å². The molecule has 1 N–H and O–H groups in total. The van der Waals surface area contributed by atoms with Crippen molar-refractivity contribution < 1.29 is 9.53 Å². The topological polar surface area (TPSA) is 51.2 Å². The fourth-order valence-electron chi connectivity index (χ4n) is 1.82. The number of hydrogen-bond donors (Lipinski definition) is 1. The summed E-state index contributed by atoms with van der Waals surface area (Å²) in [5.74, 6) is 0.367. The Bertz CT molecular complexity index is 375. The van der Waals surface area contributed by atoms with Crippen molar-refractivity contribution in [2.75, 3.05) is 19.8 Å². The summed E-state index contributed by atoms with van der Waals surface area (Å²) in [7, 11) is 0. The monoisotopic (exact) mass is 298 g/mol. The molecule has 2 heterocycles. The second kappa shape index (κ2) is 6.12. The van der Waals surface area contributed by atoms with Gasteiger partial charge in [-0.3, -0.25) is 4.79 Å². The molecule has 0 aliphatic carbocycles. The van der Waals surface area contributed by atoms with Gasteiger partial charge in [-0.05, 0) is 46.8 Å². The van der Waals surface area contributed by atoms with Crippen molar-refractivity contribution in [3.8, 4) is 0 Å². The molecule has 17 heavy (non-hydrogen) atoms. The van der Waals surface area contributed by atoms with Crippen LogP contribution < -0.4 is 5.32 Å². The van der Waals surface area contributed by atoms with Crippen molar-refractivity contribution in [1.82, 2.24) is 10.3 Å². The van der Waals surface area contributed by atoms with Gasteiger partial charge in [0.05, 0.1) is 12.2 Å². The van der Waals surface area contributed by atoms with Gasteiger partial charge in [-0.15, -0.1) is 0 Å². The zero-order chi connectivity index (χ0) is 12.1. The lowest BCUT2D eigenvalue weighted by Gasteiger charge is -2.22. The van der Waals surface area contributed by atoms with E-state index in [4.69, 9.17) is 4.74 Å². The molecule has 0 aromatic carbocycles. The van der Waals surface area contributed by atoms with Crippen LogP contribution >= 0.6 is 15.9 Å². The molecule has 0 bridgehead atoms. The zero-order valence-electron chi connectivity index (χ0n) is 9.49. The SMILES string of the molecule is O=C(NCC1CCCOC1)c1ccc(Br)nc1. The minimum Gasteiger partial charge on any atom is -0.381 e. The van der Waals surface area contributed by atoms with E-state index in [0.29, 0.717) is 18.0 Å². The van der Waals surface area contributed by atoms with E-state index in [9.17, 15) is 4.79 Å². The third kappa shape index (κ3) is 3.78. The summed E-state index contributed by atoms with van der Waals surface area (Å²) in [5.41, 5.74) is 0.588. The quantitative estimate of drug-likeness (QED) is 0.869. The number of rotatable bonds is 3. The van der Waals surface area contributed by atoms with E-state index in [-0.39, 0.29) is 5.91 Å². The third-order valence-electron chi connectivity index (χ3n) is 2.80. The molecule has 1 aromatic rings. The lowest BCUT2D eigenvalue weighted by molar-refractivity contribution is 0.0536. The molecule has 4 nitrogen and oxygen atoms in total. The Balaban J connectivity index is 1.82. The highest BCUT2D eigenvalue weighted by Crippen LogP contribution is 2.12. The summed E-state index contributed by atoms with van der Waals surface area (Å²) >= 11 is 3.24. The molecule has 0 radical (unpaired) electrons. The molecule has 1 saturated heterocycles. The van der Waals surface area contributed by atoms with Crippen LogP contribution in [0.1, 0.15) is 23.2 Å². The molecular weight excluding hydrogens is 284 g/mol. The highest BCUT2D eigenvalue weighted by Gasteiger charge is 2.15. The minimum atomic E-state index is -0.0735. The first kappa shape index (κ1) is 12.5. The van der Waals surface area contributed by atoms with E-state index in [1.807, 2.05) is 0 Å². The van der Waals surface area contributed by atoms with Crippen molar-refractivity contribution in [2.24, 2.45) is 5.92 Å². The molecule has 92 valence electrons. The lowest BCUT2D eigenvalue weighted by Crippen LogP contribution is -2.33. The molecular formula is C12H15BrN2O2. The normalized spacial score (nSPS) is 19.9. The smallest absolute Gasteiger partial charge is 0.252 e. The lowest BCUT2D eigenvalue weighted by atomic mass is 10.0. The highest BCUT2D eigenvalue weighted by molar-refractivity contribution is 9.10. The highest BCUT2D eigenvalue weighted by atomic mass is 79.9. The maximum Gasteiger partial charge on any atom is 0.252 e. The largest absolute Gasteiger partial charge is 0.381 e. The Morgan fingerprint density at radius 1 is 1.59 bits per heavy atom. The van der Waals surface area contributed by atoms with Crippen LogP contribution in [-0.4, -0.2) is 30.6 Å². The van der Waals surface area contributed by atoms with Gasteiger partial charge >= 0.3 is 0 Å². The minimum absolute atomic E-state index is 0.0735. The number of amides is 1. The summed E-state index contributed by atoms with van der Waals surface area (Å²) in [6.07, 6.45) is 3.77. The van der Waals surface area contributed by atoms with Crippen LogP contribution in [-0.2, 0) is 4.74 Å². The first-order valence-corrected chi connectivity index (χ1v) is 6.52. The number of nitrogens with zero attached hydrogens (tertiary/aromatic N) is 1. The standard InChI is InChI=1S/C12H15BrN2O2/c13-11-4-3-10(7-14-11)12(16)15-6-9-2-1-5-17-8-9/h3-4,7,9H,1-2,5-6,8H2,(H,15,16). The van der Waals surface area contributed by atoms with Crippen LogP contribution in [0.25, 0.3) is 0 Å². The molecule has 0 saturated carbocycles. The number of halogens is 1. The second-order valence-corrected chi connectivity index (χ2v) is 4.98. The summed E-state index contributed by atoms with van der Waals surface area (Å²) in [4.78, 5) is 15.8. The van der Waals surface area contributed by atoms with Crippen molar-refractivity contribution in [1.29, 1.82) is 0 Å². The van der Waals surface area contributed by atoms with Gasteiger partial charge in [-0.25, -0.2) is 4.98 Å². The van der Waals surface area contributed by atoms with Crippen LogP contribution in [0.4, 0.5) is 0 Å². The molecule has 1 amide bonds. The van der Waals surface area contributed by atoms with E-state index < -0.39 is 0 Å². The van der Waals surface area contributed by atoms with Gasteiger partial charge in [0.15, 0.2) is 0 Å². The molecule has 1 aliphatic rings. The Morgan fingerprint density at radius 3 is 3.12 bits per heavy atom. The third-order valence-corrected chi connectivity index (χ3v) is 3.26. The number of pyridine rings is 1. The Hall–Kier alpha value is -0.940. The van der Waals surface area contributed by atoms with E-state index in [2.05, 4.69) is 26.2 Å². The Labute approximate surface area is 109 Å². The van der Waals surface area contributed by atoms with E-state index in [1.165, 1.54) is 0 Å². The molecule has 1 aliphatic heterocycles. The van der Waals surface area contributed by atoms with Crippen molar-refractivity contribution in [2.45, 2.75) is 12.8 Å². The van der Waals surface area contributed by atoms with Crippen molar-refractivity contribution >= 4 is 21.8 Å². The van der Waals surface area contributed by atoms with Gasteiger partial charge in [0.25, 0.3) is 5.91 Å². The summed E-state index contributed by atoms with van der Waals surface area (Å²) < 4.78 is 6.10. The van der Waals surface area contributed by atoms with Crippen LogP contribution in [0.3, 0.4) is 0 Å². The van der Waals surface area contributed by atoms with Gasteiger partial charge < -0.3 is 10.1 Å². The van der Waals surface area contributed by atoms with Gasteiger partial charge in [0.1, 0.15) is 4.60 Å². The molecule has 1 atom stereocenters. The molecule has 1 fully saturated rings. The van der Waals surface area contributed by atoms with Crippen LogP contribution in [0, 0.1) is 5.92 Å². The summed E-state index contributed by atoms with van der Waals surface area (Å²) in [6, 6.07) is 3.52. The van der Waals surface area contributed by atoms with Gasteiger partial charge in [-0.1, -0.05) is 0 Å². The fraction of sp³-hybridized carbons (Fsp3) is 0.500. The predicted molar refractivity (Wildman–Crippen MR) is 67.8 cm³/mol. The Kier molecular flexibility index (Phi) is 4.50. The number of ether oxygens (including phenoxy) is 1. The van der Waals surface area contributed by atoms with Crippen LogP contribution in [0.15, 0.2) is 22.9 Å². The molecule has 0 spiro atoms. The van der Waals surface area contributed by atoms with E-state index >= 15 is 0 Å². The van der Waals surface area contributed by atoms with Crippen LogP contribution in [0.2, 0.25) is 0 Å². The van der Waals surface area contributed by atoms with E-state index in [1.54, 1.807) is 18.3 Å². The number of carbonyl (C=O) groups is 1. The second-order valence-electron chi connectivity index (χ2n) is 4.16. The van der Waals surface area contributed by atoms with Crippen molar-refractivity contribution in [3.63, 3.8) is 0 Å². The molecule has 1 aromatic heterocycles. The molecule has 1 unspecified atom stereocenters. The van der Waals surface area contributed by atoms with Gasteiger partial charge in [0, 0.05) is 19.3 Å². The van der Waals surface area contributed by atoms with Gasteiger partial charge in [-0.2, -0.15) is 0 Å². The molecule has 5 heteroatoms. The Morgan fingerprint density at radius 2 is 2.47 bits per heavy atom. The van der Waals surface area contributed by atoms with E-state index in [0.717, 1.165) is 30.7 Å². The maximum atomic E-state index is 11.8. The number of hydrogen-bond acceptors (Lipinski definition) is 3. The summed E-state index contributed by atoms with van der Waals surface area (Å²) in [6.45, 7) is 2.27. The molecule has 2 rings (SSSR count). The first-order chi connectivity index (χ1) is 8.25. The zero-order valence-corrected chi connectivity index (χ0v) is 11.1. The number of carbonyl (C=O) groups excluding carboxylic acids is 1. The van der Waals surface area contributed by atoms with Crippen LogP contribution in [0.5, 0.6) is 0 Å². The average Bonchev–Trinajstić information content (AvgIpc) is 2.38. The first-order valence-electron chi connectivity index (χ1n) is 5.73. The van der Waals surface area contributed by atoms with Gasteiger partial charge in [0.2, 0.25) is 0 Å². The summed E-state index contributed by atoms with van der Waals surface area (Å²) in [5, 5.41) is 2.91. The fourth-order valence-corrected chi connectivity index (χ4v) is 2.05.